The second kappa shape index (κ2) is 8.30. The Labute approximate surface area is 161 Å². The van der Waals surface area contributed by atoms with Crippen LogP contribution in [0.15, 0.2) is 61.1 Å². The molecule has 0 fully saturated rings. The summed E-state index contributed by atoms with van der Waals surface area (Å²) < 4.78 is 5.63. The summed E-state index contributed by atoms with van der Waals surface area (Å²) in [5, 5.41) is 9.62. The number of rotatable bonds is 5. The van der Waals surface area contributed by atoms with E-state index in [1.807, 2.05) is 19.1 Å². The lowest BCUT2D eigenvalue weighted by atomic mass is 10.2. The van der Waals surface area contributed by atoms with E-state index in [1.54, 1.807) is 47.6 Å². The van der Waals surface area contributed by atoms with Gasteiger partial charge in [-0.05, 0) is 43.3 Å². The number of carbonyl (C=O) groups excluding carboxylic acids is 1. The van der Waals surface area contributed by atoms with E-state index in [0.717, 1.165) is 0 Å². The van der Waals surface area contributed by atoms with Gasteiger partial charge in [0.05, 0.1) is 23.0 Å². The van der Waals surface area contributed by atoms with E-state index in [4.69, 9.17) is 21.6 Å². The molecule has 1 amide bonds. The number of ether oxygens (including phenoxy) is 1. The highest BCUT2D eigenvalue weighted by atomic mass is 35.5. The van der Waals surface area contributed by atoms with Gasteiger partial charge in [-0.1, -0.05) is 11.6 Å². The highest BCUT2D eigenvalue weighted by molar-refractivity contribution is 6.30. The number of benzene rings is 1. The van der Waals surface area contributed by atoms with Crippen LogP contribution in [0.3, 0.4) is 0 Å². The van der Waals surface area contributed by atoms with Gasteiger partial charge in [-0.15, -0.1) is 0 Å². The van der Waals surface area contributed by atoms with Gasteiger partial charge in [0.15, 0.2) is 0 Å². The van der Waals surface area contributed by atoms with Gasteiger partial charge in [0.2, 0.25) is 5.88 Å². The highest BCUT2D eigenvalue weighted by Gasteiger charge is 2.17. The van der Waals surface area contributed by atoms with Gasteiger partial charge >= 0.3 is 0 Å². The average molecular weight is 379 g/mol. The van der Waals surface area contributed by atoms with Crippen molar-refractivity contribution in [1.82, 2.24) is 9.97 Å². The molecule has 27 heavy (non-hydrogen) atoms. The zero-order chi connectivity index (χ0) is 19.2. The maximum atomic E-state index is 12.7. The van der Waals surface area contributed by atoms with Crippen molar-refractivity contribution in [1.29, 1.82) is 5.26 Å². The van der Waals surface area contributed by atoms with Crippen molar-refractivity contribution < 1.29 is 9.53 Å². The quantitative estimate of drug-likeness (QED) is 0.654. The topological polar surface area (TPSA) is 79.1 Å². The van der Waals surface area contributed by atoms with Crippen LogP contribution < -0.4 is 9.64 Å². The molecule has 0 saturated carbocycles. The van der Waals surface area contributed by atoms with E-state index in [2.05, 4.69) is 9.97 Å². The summed E-state index contributed by atoms with van der Waals surface area (Å²) in [5.41, 5.74) is 1.44. The first-order chi connectivity index (χ1) is 13.1. The number of hydrogen-bond acceptors (Lipinski definition) is 5. The summed E-state index contributed by atoms with van der Waals surface area (Å²) in [7, 11) is 0. The van der Waals surface area contributed by atoms with Gasteiger partial charge in [-0.3, -0.25) is 9.78 Å². The predicted molar refractivity (Wildman–Crippen MR) is 102 cm³/mol. The van der Waals surface area contributed by atoms with Crippen LogP contribution in [-0.2, 0) is 0 Å². The minimum atomic E-state index is -0.186. The van der Waals surface area contributed by atoms with Crippen LogP contribution in [0.1, 0.15) is 22.8 Å². The lowest BCUT2D eigenvalue weighted by Crippen LogP contribution is -2.30. The van der Waals surface area contributed by atoms with Crippen LogP contribution in [0.5, 0.6) is 11.6 Å². The molecule has 1 aromatic carbocycles. The lowest BCUT2D eigenvalue weighted by molar-refractivity contribution is 0.0988. The molecule has 0 aliphatic rings. The summed E-state index contributed by atoms with van der Waals surface area (Å²) in [6.07, 6.45) is 4.73. The fraction of sp³-hybridized carbons (Fsp3) is 0.100. The first-order valence-corrected chi connectivity index (χ1v) is 8.55. The molecule has 3 rings (SSSR count). The standard InChI is InChI=1S/C20H15ClN4O2/c1-2-25(17-4-3-9-23-13-17)20(26)14-5-8-19(24-12-14)27-18-7-6-16(21)10-15(18)11-22/h3-10,12-13H,2H2,1H3. The van der Waals surface area contributed by atoms with Crippen LogP contribution in [-0.4, -0.2) is 22.4 Å². The molecule has 0 radical (unpaired) electrons. The summed E-state index contributed by atoms with van der Waals surface area (Å²) in [4.78, 5) is 22.6. The largest absolute Gasteiger partial charge is 0.438 e. The first-order valence-electron chi connectivity index (χ1n) is 8.18. The number of carbonyl (C=O) groups is 1. The number of halogens is 1. The van der Waals surface area contributed by atoms with Crippen LogP contribution in [0.4, 0.5) is 5.69 Å². The number of amides is 1. The molecule has 7 heteroatoms. The Morgan fingerprint density at radius 2 is 2.11 bits per heavy atom. The molecule has 6 nitrogen and oxygen atoms in total. The van der Waals surface area contributed by atoms with Gasteiger partial charge in [-0.25, -0.2) is 4.98 Å². The first kappa shape index (κ1) is 18.4. The van der Waals surface area contributed by atoms with Gasteiger partial charge in [0.25, 0.3) is 5.91 Å². The molecule has 0 bridgehead atoms. The zero-order valence-corrected chi connectivity index (χ0v) is 15.2. The molecule has 3 aromatic rings. The fourth-order valence-corrected chi connectivity index (χ4v) is 2.64. The minimum Gasteiger partial charge on any atom is -0.438 e. The minimum absolute atomic E-state index is 0.186. The molecule has 0 aliphatic heterocycles. The molecule has 0 N–H and O–H groups in total. The molecule has 0 spiro atoms. The third-order valence-corrected chi connectivity index (χ3v) is 4.01. The van der Waals surface area contributed by atoms with Crippen molar-refractivity contribution in [3.8, 4) is 17.7 Å². The van der Waals surface area contributed by atoms with Gasteiger partial charge in [0, 0.05) is 30.0 Å². The Morgan fingerprint density at radius 3 is 2.74 bits per heavy atom. The van der Waals surface area contributed by atoms with E-state index in [1.165, 1.54) is 12.3 Å². The molecule has 2 aromatic heterocycles. The van der Waals surface area contributed by atoms with Gasteiger partial charge < -0.3 is 9.64 Å². The van der Waals surface area contributed by atoms with Crippen LogP contribution >= 0.6 is 11.6 Å². The normalized spacial score (nSPS) is 10.1. The lowest BCUT2D eigenvalue weighted by Gasteiger charge is -2.20. The Morgan fingerprint density at radius 1 is 1.26 bits per heavy atom. The van der Waals surface area contributed by atoms with Crippen molar-refractivity contribution in [2.45, 2.75) is 6.92 Å². The highest BCUT2D eigenvalue weighted by Crippen LogP contribution is 2.26. The van der Waals surface area contributed by atoms with Crippen molar-refractivity contribution in [3.05, 3.63) is 77.2 Å². The summed E-state index contributed by atoms with van der Waals surface area (Å²) in [5.74, 6) is 0.433. The van der Waals surface area contributed by atoms with Gasteiger partial charge in [-0.2, -0.15) is 5.26 Å². The molecular formula is C20H15ClN4O2. The third kappa shape index (κ3) is 4.22. The Bertz CT molecular complexity index is 985. The molecule has 0 saturated heterocycles. The van der Waals surface area contributed by atoms with Crippen LogP contribution in [0.25, 0.3) is 0 Å². The monoisotopic (exact) mass is 378 g/mol. The Balaban J connectivity index is 1.79. The van der Waals surface area contributed by atoms with Crippen molar-refractivity contribution in [3.63, 3.8) is 0 Å². The summed E-state index contributed by atoms with van der Waals surface area (Å²) in [6, 6.07) is 13.6. The SMILES string of the molecule is CCN(C(=O)c1ccc(Oc2ccc(Cl)cc2C#N)nc1)c1cccnc1. The average Bonchev–Trinajstić information content (AvgIpc) is 2.71. The fourth-order valence-electron chi connectivity index (χ4n) is 2.47. The van der Waals surface area contributed by atoms with Crippen molar-refractivity contribution >= 4 is 23.2 Å². The van der Waals surface area contributed by atoms with E-state index in [9.17, 15) is 4.79 Å². The molecule has 134 valence electrons. The number of nitrogens with zero attached hydrogens (tertiary/aromatic N) is 4. The molecular weight excluding hydrogens is 364 g/mol. The van der Waals surface area contributed by atoms with E-state index in [-0.39, 0.29) is 11.8 Å². The number of aromatic nitrogens is 2. The smallest absolute Gasteiger partial charge is 0.259 e. The second-order valence-corrected chi connectivity index (χ2v) is 5.94. The molecule has 0 unspecified atom stereocenters. The number of anilines is 1. The van der Waals surface area contributed by atoms with E-state index >= 15 is 0 Å². The van der Waals surface area contributed by atoms with Crippen LogP contribution in [0, 0.1) is 11.3 Å². The Hall–Kier alpha value is -3.43. The maximum Gasteiger partial charge on any atom is 0.259 e. The number of nitriles is 1. The van der Waals surface area contributed by atoms with Crippen molar-refractivity contribution in [2.75, 3.05) is 11.4 Å². The summed E-state index contributed by atoms with van der Waals surface area (Å²) in [6.45, 7) is 2.39. The second-order valence-electron chi connectivity index (χ2n) is 5.50. The van der Waals surface area contributed by atoms with E-state index in [0.29, 0.717) is 34.1 Å². The van der Waals surface area contributed by atoms with Crippen molar-refractivity contribution in [2.24, 2.45) is 0 Å². The van der Waals surface area contributed by atoms with E-state index < -0.39 is 0 Å². The zero-order valence-electron chi connectivity index (χ0n) is 14.5. The predicted octanol–water partition coefficient (Wildman–Crippen LogP) is 4.46. The van der Waals surface area contributed by atoms with Gasteiger partial charge in [0.1, 0.15) is 11.8 Å². The molecule has 0 atom stereocenters. The maximum absolute atomic E-state index is 12.7. The number of pyridine rings is 2. The summed E-state index contributed by atoms with van der Waals surface area (Å²) >= 11 is 5.88. The molecule has 0 aliphatic carbocycles. The Kier molecular flexibility index (Phi) is 5.64. The number of hydrogen-bond donors (Lipinski definition) is 0. The third-order valence-electron chi connectivity index (χ3n) is 3.78. The van der Waals surface area contributed by atoms with Crippen LogP contribution in [0.2, 0.25) is 5.02 Å². The molecule has 2 heterocycles.